The Morgan fingerprint density at radius 1 is 0.893 bits per heavy atom. The summed E-state index contributed by atoms with van der Waals surface area (Å²) in [6.45, 7) is 0. The third kappa shape index (κ3) is 4.64. The van der Waals surface area contributed by atoms with E-state index in [0.717, 1.165) is 11.1 Å². The van der Waals surface area contributed by atoms with Crippen LogP contribution in [0.2, 0.25) is 0 Å². The number of hydrogen-bond acceptors (Lipinski definition) is 6. The summed E-state index contributed by atoms with van der Waals surface area (Å²) in [5, 5.41) is 11.8. The van der Waals surface area contributed by atoms with E-state index in [0.29, 0.717) is 18.1 Å². The average Bonchev–Trinajstić information content (AvgIpc) is 2.70. The lowest BCUT2D eigenvalue weighted by atomic mass is 9.96. The maximum absolute atomic E-state index is 12.6. The SMILES string of the molecule is O=C(O)C(=O)CC(=O)c1cccc(Cc2ccccc2)c1Nc1ncccn1. The number of carboxylic acids is 1. The van der Waals surface area contributed by atoms with Gasteiger partial charge in [0.1, 0.15) is 0 Å². The molecule has 0 atom stereocenters. The van der Waals surface area contributed by atoms with Gasteiger partial charge in [-0.3, -0.25) is 9.59 Å². The standard InChI is InChI=1S/C21H17N3O4/c25-17(13-18(26)20(27)28)16-9-4-8-15(12-14-6-2-1-3-7-14)19(16)24-21-22-10-5-11-23-21/h1-11H,12-13H2,(H,27,28)(H,22,23,24). The molecule has 1 heterocycles. The minimum absolute atomic E-state index is 0.218. The summed E-state index contributed by atoms with van der Waals surface area (Å²) < 4.78 is 0. The molecule has 3 rings (SSSR count). The number of nitrogens with zero attached hydrogens (tertiary/aromatic N) is 2. The Labute approximate surface area is 161 Å². The van der Waals surface area contributed by atoms with Crippen LogP contribution in [0.1, 0.15) is 27.9 Å². The number of rotatable bonds is 8. The fourth-order valence-electron chi connectivity index (χ4n) is 2.74. The number of carbonyl (C=O) groups excluding carboxylic acids is 2. The minimum atomic E-state index is -1.63. The van der Waals surface area contributed by atoms with Crippen LogP contribution in [0.15, 0.2) is 67.0 Å². The quantitative estimate of drug-likeness (QED) is 0.354. The molecule has 0 radical (unpaired) electrons. The molecule has 0 amide bonds. The molecular formula is C21H17N3O4. The summed E-state index contributed by atoms with van der Waals surface area (Å²) in [4.78, 5) is 43.2. The van der Waals surface area contributed by atoms with Gasteiger partial charge in [-0.2, -0.15) is 0 Å². The second-order valence-corrected chi connectivity index (χ2v) is 6.03. The van der Waals surface area contributed by atoms with Crippen LogP contribution >= 0.6 is 0 Å². The number of carbonyl (C=O) groups is 3. The van der Waals surface area contributed by atoms with E-state index in [9.17, 15) is 14.4 Å². The van der Waals surface area contributed by atoms with E-state index in [2.05, 4.69) is 15.3 Å². The van der Waals surface area contributed by atoms with Crippen molar-refractivity contribution in [2.75, 3.05) is 5.32 Å². The zero-order chi connectivity index (χ0) is 19.9. The van der Waals surface area contributed by atoms with Crippen LogP contribution in [-0.2, 0) is 16.0 Å². The van der Waals surface area contributed by atoms with Gasteiger partial charge >= 0.3 is 5.97 Å². The molecule has 1 aromatic heterocycles. The number of carboxylic acid groups (broad SMARTS) is 1. The van der Waals surface area contributed by atoms with Crippen molar-refractivity contribution < 1.29 is 19.5 Å². The van der Waals surface area contributed by atoms with E-state index in [-0.39, 0.29) is 5.56 Å². The molecule has 3 aromatic rings. The highest BCUT2D eigenvalue weighted by Gasteiger charge is 2.22. The monoisotopic (exact) mass is 375 g/mol. The number of ketones is 2. The molecule has 0 fully saturated rings. The van der Waals surface area contributed by atoms with Crippen molar-refractivity contribution in [2.45, 2.75) is 12.8 Å². The van der Waals surface area contributed by atoms with Gasteiger partial charge in [-0.25, -0.2) is 14.8 Å². The maximum Gasteiger partial charge on any atom is 0.372 e. The summed E-state index contributed by atoms with van der Waals surface area (Å²) in [5.74, 6) is -3.07. The normalized spacial score (nSPS) is 10.3. The number of benzene rings is 2. The largest absolute Gasteiger partial charge is 0.475 e. The van der Waals surface area contributed by atoms with Crippen molar-refractivity contribution in [3.63, 3.8) is 0 Å². The maximum atomic E-state index is 12.6. The fourth-order valence-corrected chi connectivity index (χ4v) is 2.74. The van der Waals surface area contributed by atoms with E-state index < -0.39 is 24.0 Å². The van der Waals surface area contributed by atoms with Crippen molar-refractivity contribution in [1.29, 1.82) is 0 Å². The van der Waals surface area contributed by atoms with Crippen molar-refractivity contribution in [3.05, 3.63) is 83.7 Å². The molecule has 7 nitrogen and oxygen atoms in total. The van der Waals surface area contributed by atoms with Crippen LogP contribution in [0.5, 0.6) is 0 Å². The Kier molecular flexibility index (Phi) is 5.86. The Morgan fingerprint density at radius 2 is 1.61 bits per heavy atom. The van der Waals surface area contributed by atoms with Crippen molar-refractivity contribution >= 4 is 29.2 Å². The van der Waals surface area contributed by atoms with Crippen LogP contribution in [0.25, 0.3) is 0 Å². The van der Waals surface area contributed by atoms with Gasteiger partial charge in [0.05, 0.1) is 12.1 Å². The molecule has 0 bridgehead atoms. The summed E-state index contributed by atoms with van der Waals surface area (Å²) in [6.07, 6.45) is 2.94. The Balaban J connectivity index is 2.00. The van der Waals surface area contributed by atoms with E-state index in [1.54, 1.807) is 30.6 Å². The molecule has 140 valence electrons. The Morgan fingerprint density at radius 3 is 2.29 bits per heavy atom. The number of para-hydroxylation sites is 1. The molecule has 0 saturated carbocycles. The van der Waals surface area contributed by atoms with Crippen molar-refractivity contribution in [1.82, 2.24) is 9.97 Å². The number of hydrogen-bond donors (Lipinski definition) is 2. The van der Waals surface area contributed by atoms with Gasteiger partial charge in [0.25, 0.3) is 0 Å². The van der Waals surface area contributed by atoms with E-state index in [1.165, 1.54) is 0 Å². The molecule has 0 aliphatic heterocycles. The van der Waals surface area contributed by atoms with E-state index in [4.69, 9.17) is 5.11 Å². The topological polar surface area (TPSA) is 109 Å². The second-order valence-electron chi connectivity index (χ2n) is 6.03. The van der Waals surface area contributed by atoms with Crippen LogP contribution < -0.4 is 5.32 Å². The number of aromatic nitrogens is 2. The summed E-state index contributed by atoms with van der Waals surface area (Å²) >= 11 is 0. The van der Waals surface area contributed by atoms with Gasteiger partial charge in [-0.05, 0) is 29.7 Å². The third-order valence-corrected chi connectivity index (χ3v) is 4.05. The molecular weight excluding hydrogens is 358 g/mol. The Hall–Kier alpha value is -3.87. The lowest BCUT2D eigenvalue weighted by Gasteiger charge is -2.15. The molecule has 2 N–H and O–H groups in total. The first-order valence-electron chi connectivity index (χ1n) is 8.54. The first-order chi connectivity index (χ1) is 13.5. The van der Waals surface area contributed by atoms with Crippen LogP contribution in [0.4, 0.5) is 11.6 Å². The zero-order valence-electron chi connectivity index (χ0n) is 14.8. The predicted molar refractivity (Wildman–Crippen MR) is 103 cm³/mol. The first-order valence-corrected chi connectivity index (χ1v) is 8.54. The second kappa shape index (κ2) is 8.68. The third-order valence-electron chi connectivity index (χ3n) is 4.05. The average molecular weight is 375 g/mol. The number of Topliss-reactive ketones (excluding diaryl/α,β-unsaturated/α-hetero) is 2. The minimum Gasteiger partial charge on any atom is -0.475 e. The number of anilines is 2. The first kappa shape index (κ1) is 18.9. The molecule has 28 heavy (non-hydrogen) atoms. The smallest absolute Gasteiger partial charge is 0.372 e. The van der Waals surface area contributed by atoms with Crippen LogP contribution in [0.3, 0.4) is 0 Å². The lowest BCUT2D eigenvalue weighted by molar-refractivity contribution is -0.148. The summed E-state index contributed by atoms with van der Waals surface area (Å²) in [5.41, 5.74) is 2.51. The number of nitrogens with one attached hydrogen (secondary N) is 1. The van der Waals surface area contributed by atoms with Crippen LogP contribution in [0, 0.1) is 0 Å². The molecule has 2 aromatic carbocycles. The van der Waals surface area contributed by atoms with Gasteiger partial charge in [-0.1, -0.05) is 42.5 Å². The Bertz CT molecular complexity index is 1000. The van der Waals surface area contributed by atoms with Crippen LogP contribution in [-0.4, -0.2) is 32.6 Å². The molecule has 0 aliphatic carbocycles. The van der Waals surface area contributed by atoms with Gasteiger partial charge < -0.3 is 10.4 Å². The molecule has 7 heteroatoms. The van der Waals surface area contributed by atoms with Crippen molar-refractivity contribution in [3.8, 4) is 0 Å². The highest BCUT2D eigenvalue weighted by atomic mass is 16.4. The van der Waals surface area contributed by atoms with E-state index in [1.807, 2.05) is 36.4 Å². The predicted octanol–water partition coefficient (Wildman–Crippen LogP) is 3.04. The molecule has 0 saturated heterocycles. The van der Waals surface area contributed by atoms with Gasteiger partial charge in [0.15, 0.2) is 5.78 Å². The fraction of sp³-hybridized carbons (Fsp3) is 0.0952. The number of aliphatic carboxylic acids is 1. The van der Waals surface area contributed by atoms with Gasteiger partial charge in [-0.15, -0.1) is 0 Å². The van der Waals surface area contributed by atoms with E-state index >= 15 is 0 Å². The molecule has 0 unspecified atom stereocenters. The lowest BCUT2D eigenvalue weighted by Crippen LogP contribution is -2.18. The van der Waals surface area contributed by atoms with Gasteiger partial charge in [0, 0.05) is 18.0 Å². The summed E-state index contributed by atoms with van der Waals surface area (Å²) in [6, 6.07) is 16.5. The zero-order valence-corrected chi connectivity index (χ0v) is 14.8. The molecule has 0 aliphatic rings. The van der Waals surface area contributed by atoms with Crippen molar-refractivity contribution in [2.24, 2.45) is 0 Å². The van der Waals surface area contributed by atoms with Gasteiger partial charge in [0.2, 0.25) is 11.7 Å². The highest BCUT2D eigenvalue weighted by molar-refractivity contribution is 6.37. The molecule has 0 spiro atoms. The highest BCUT2D eigenvalue weighted by Crippen LogP contribution is 2.27. The summed E-state index contributed by atoms with van der Waals surface area (Å²) in [7, 11) is 0.